The molecule has 0 bridgehead atoms. The summed E-state index contributed by atoms with van der Waals surface area (Å²) < 4.78 is 0. The van der Waals surface area contributed by atoms with Gasteiger partial charge in [0.2, 0.25) is 0 Å². The predicted octanol–water partition coefficient (Wildman–Crippen LogP) is 2.19. The first-order valence-electron chi connectivity index (χ1n) is 6.41. The third-order valence-corrected chi connectivity index (χ3v) is 4.12. The van der Waals surface area contributed by atoms with Gasteiger partial charge in [-0.05, 0) is 24.7 Å². The molecule has 0 unspecified atom stereocenters. The summed E-state index contributed by atoms with van der Waals surface area (Å²) in [7, 11) is 0. The molecule has 1 saturated heterocycles. The fourth-order valence-electron chi connectivity index (χ4n) is 2.66. The minimum atomic E-state index is -1.01. The standard InChI is InChI=1S/C13H19N3O2/c1-3-13(4-2)5-8-16(9-13)11-10(12(17)18)14-6-7-15-11/h6-7H,3-5,8-9H2,1-2H3,(H,17,18). The van der Waals surface area contributed by atoms with E-state index in [-0.39, 0.29) is 5.69 Å². The Morgan fingerprint density at radius 3 is 2.61 bits per heavy atom. The average Bonchev–Trinajstić information content (AvgIpc) is 2.83. The molecule has 1 aromatic rings. The Balaban J connectivity index is 2.27. The van der Waals surface area contributed by atoms with E-state index in [2.05, 4.69) is 28.7 Å². The zero-order valence-electron chi connectivity index (χ0n) is 10.9. The maximum absolute atomic E-state index is 11.1. The molecule has 0 atom stereocenters. The van der Waals surface area contributed by atoms with Gasteiger partial charge in [0.25, 0.3) is 0 Å². The number of rotatable bonds is 4. The van der Waals surface area contributed by atoms with Crippen molar-refractivity contribution in [3.05, 3.63) is 18.1 Å². The van der Waals surface area contributed by atoms with Crippen molar-refractivity contribution >= 4 is 11.8 Å². The molecule has 1 aliphatic rings. The number of carboxylic acid groups (broad SMARTS) is 1. The molecular weight excluding hydrogens is 230 g/mol. The Kier molecular flexibility index (Phi) is 3.50. The third-order valence-electron chi connectivity index (χ3n) is 4.12. The topological polar surface area (TPSA) is 66.3 Å². The highest BCUT2D eigenvalue weighted by Crippen LogP contribution is 2.38. The molecule has 1 fully saturated rings. The lowest BCUT2D eigenvalue weighted by atomic mass is 9.82. The van der Waals surface area contributed by atoms with Crippen molar-refractivity contribution in [2.45, 2.75) is 33.1 Å². The van der Waals surface area contributed by atoms with E-state index in [1.165, 1.54) is 6.20 Å². The van der Waals surface area contributed by atoms with Crippen molar-refractivity contribution < 1.29 is 9.90 Å². The molecule has 1 aliphatic heterocycles. The first-order valence-corrected chi connectivity index (χ1v) is 6.41. The van der Waals surface area contributed by atoms with Crippen LogP contribution in [0.2, 0.25) is 0 Å². The Morgan fingerprint density at radius 2 is 2.06 bits per heavy atom. The SMILES string of the molecule is CCC1(CC)CCN(c2nccnc2C(=O)O)C1. The van der Waals surface area contributed by atoms with Crippen LogP contribution in [-0.2, 0) is 0 Å². The number of anilines is 1. The lowest BCUT2D eigenvalue weighted by molar-refractivity contribution is 0.0690. The van der Waals surface area contributed by atoms with Gasteiger partial charge >= 0.3 is 5.97 Å². The molecule has 0 saturated carbocycles. The lowest BCUT2D eigenvalue weighted by Gasteiger charge is -2.26. The third kappa shape index (κ3) is 2.17. The Bertz CT molecular complexity index is 444. The maximum Gasteiger partial charge on any atom is 0.358 e. The average molecular weight is 249 g/mol. The fraction of sp³-hybridized carbons (Fsp3) is 0.615. The second-order valence-electron chi connectivity index (χ2n) is 4.91. The summed E-state index contributed by atoms with van der Waals surface area (Å²) in [5.74, 6) is -0.502. The van der Waals surface area contributed by atoms with Crippen LogP contribution in [0.4, 0.5) is 5.82 Å². The summed E-state index contributed by atoms with van der Waals surface area (Å²) in [4.78, 5) is 21.3. The van der Waals surface area contributed by atoms with Crippen LogP contribution in [-0.4, -0.2) is 34.1 Å². The van der Waals surface area contributed by atoms with Gasteiger partial charge in [0.15, 0.2) is 11.5 Å². The van der Waals surface area contributed by atoms with Crippen LogP contribution in [0.5, 0.6) is 0 Å². The molecule has 0 spiro atoms. The monoisotopic (exact) mass is 249 g/mol. The van der Waals surface area contributed by atoms with Gasteiger partial charge < -0.3 is 10.0 Å². The number of carbonyl (C=O) groups is 1. The van der Waals surface area contributed by atoms with Gasteiger partial charge in [-0.3, -0.25) is 0 Å². The molecule has 2 rings (SSSR count). The first-order chi connectivity index (χ1) is 8.62. The minimum Gasteiger partial charge on any atom is -0.476 e. The summed E-state index contributed by atoms with van der Waals surface area (Å²) in [6.07, 6.45) is 6.30. The molecule has 2 heterocycles. The molecule has 5 heteroatoms. The van der Waals surface area contributed by atoms with Crippen LogP contribution in [0.15, 0.2) is 12.4 Å². The molecule has 0 radical (unpaired) electrons. The molecule has 1 N–H and O–H groups in total. The van der Waals surface area contributed by atoms with Crippen molar-refractivity contribution in [1.82, 2.24) is 9.97 Å². The zero-order valence-corrected chi connectivity index (χ0v) is 10.9. The van der Waals surface area contributed by atoms with E-state index in [4.69, 9.17) is 5.11 Å². The lowest BCUT2D eigenvalue weighted by Crippen LogP contribution is -2.28. The normalized spacial score (nSPS) is 18.0. The van der Waals surface area contributed by atoms with Crippen molar-refractivity contribution in [3.8, 4) is 0 Å². The van der Waals surface area contributed by atoms with Crippen LogP contribution >= 0.6 is 0 Å². The van der Waals surface area contributed by atoms with Crippen LogP contribution in [0.1, 0.15) is 43.6 Å². The van der Waals surface area contributed by atoms with E-state index in [0.29, 0.717) is 11.2 Å². The van der Waals surface area contributed by atoms with E-state index in [1.54, 1.807) is 6.20 Å². The van der Waals surface area contributed by atoms with E-state index in [1.807, 2.05) is 0 Å². The van der Waals surface area contributed by atoms with Gasteiger partial charge in [0, 0.05) is 25.5 Å². The minimum absolute atomic E-state index is 0.0560. The van der Waals surface area contributed by atoms with Gasteiger partial charge in [-0.15, -0.1) is 0 Å². The highest BCUT2D eigenvalue weighted by Gasteiger charge is 2.36. The summed E-state index contributed by atoms with van der Waals surface area (Å²) >= 11 is 0. The second-order valence-corrected chi connectivity index (χ2v) is 4.91. The quantitative estimate of drug-likeness (QED) is 0.886. The number of carboxylic acids is 1. The number of nitrogens with zero attached hydrogens (tertiary/aromatic N) is 3. The predicted molar refractivity (Wildman–Crippen MR) is 68.8 cm³/mol. The van der Waals surface area contributed by atoms with Crippen LogP contribution in [0.25, 0.3) is 0 Å². The maximum atomic E-state index is 11.1. The summed E-state index contributed by atoms with van der Waals surface area (Å²) in [5, 5.41) is 9.14. The summed E-state index contributed by atoms with van der Waals surface area (Å²) in [6.45, 7) is 6.13. The smallest absolute Gasteiger partial charge is 0.358 e. The summed E-state index contributed by atoms with van der Waals surface area (Å²) in [5.41, 5.74) is 0.355. The van der Waals surface area contributed by atoms with Gasteiger partial charge in [-0.2, -0.15) is 0 Å². The number of hydrogen-bond donors (Lipinski definition) is 1. The fourth-order valence-corrected chi connectivity index (χ4v) is 2.66. The largest absolute Gasteiger partial charge is 0.476 e. The Labute approximate surface area is 107 Å². The van der Waals surface area contributed by atoms with Gasteiger partial charge in [-0.1, -0.05) is 13.8 Å². The highest BCUT2D eigenvalue weighted by molar-refractivity contribution is 5.91. The molecule has 5 nitrogen and oxygen atoms in total. The van der Waals surface area contributed by atoms with Crippen LogP contribution in [0, 0.1) is 5.41 Å². The number of aromatic nitrogens is 2. The van der Waals surface area contributed by atoms with E-state index < -0.39 is 5.97 Å². The molecular formula is C13H19N3O2. The highest BCUT2D eigenvalue weighted by atomic mass is 16.4. The van der Waals surface area contributed by atoms with E-state index >= 15 is 0 Å². The Morgan fingerprint density at radius 1 is 1.39 bits per heavy atom. The van der Waals surface area contributed by atoms with E-state index in [0.717, 1.165) is 32.4 Å². The molecule has 0 aromatic carbocycles. The molecule has 18 heavy (non-hydrogen) atoms. The Hall–Kier alpha value is -1.65. The molecule has 0 aliphatic carbocycles. The van der Waals surface area contributed by atoms with Crippen molar-refractivity contribution in [2.24, 2.45) is 5.41 Å². The van der Waals surface area contributed by atoms with Gasteiger partial charge in [-0.25, -0.2) is 14.8 Å². The van der Waals surface area contributed by atoms with Crippen LogP contribution in [0.3, 0.4) is 0 Å². The molecule has 98 valence electrons. The van der Waals surface area contributed by atoms with Crippen molar-refractivity contribution in [2.75, 3.05) is 18.0 Å². The van der Waals surface area contributed by atoms with Crippen molar-refractivity contribution in [1.29, 1.82) is 0 Å². The molecule has 0 amide bonds. The second kappa shape index (κ2) is 4.92. The van der Waals surface area contributed by atoms with Crippen molar-refractivity contribution in [3.63, 3.8) is 0 Å². The number of aromatic carboxylic acids is 1. The zero-order chi connectivity index (χ0) is 13.2. The van der Waals surface area contributed by atoms with Gasteiger partial charge in [0.05, 0.1) is 0 Å². The molecule has 1 aromatic heterocycles. The van der Waals surface area contributed by atoms with Gasteiger partial charge in [0.1, 0.15) is 0 Å². The number of hydrogen-bond acceptors (Lipinski definition) is 4. The van der Waals surface area contributed by atoms with Crippen LogP contribution < -0.4 is 4.90 Å². The van der Waals surface area contributed by atoms with E-state index in [9.17, 15) is 4.79 Å². The summed E-state index contributed by atoms with van der Waals surface area (Å²) in [6, 6.07) is 0. The first kappa shape index (κ1) is 12.8.